The van der Waals surface area contributed by atoms with Crippen LogP contribution in [0.2, 0.25) is 0 Å². The summed E-state index contributed by atoms with van der Waals surface area (Å²) in [6.07, 6.45) is -0.418. The third-order valence-corrected chi connectivity index (χ3v) is 5.04. The van der Waals surface area contributed by atoms with E-state index in [1.807, 2.05) is 6.92 Å². The maximum atomic E-state index is 10.6. The molecule has 0 aromatic rings. The van der Waals surface area contributed by atoms with E-state index in [1.54, 1.807) is 0 Å². The van der Waals surface area contributed by atoms with Crippen molar-refractivity contribution in [3.63, 3.8) is 0 Å². The van der Waals surface area contributed by atoms with Gasteiger partial charge >= 0.3 is 14.9 Å². The van der Waals surface area contributed by atoms with Crippen molar-refractivity contribution in [2.75, 3.05) is 21.0 Å². The molecule has 16 heavy (non-hydrogen) atoms. The van der Waals surface area contributed by atoms with Gasteiger partial charge in [-0.15, -0.1) is 0 Å². The number of carbonyl (C=O) groups excluding carboxylic acids is 1. The summed E-state index contributed by atoms with van der Waals surface area (Å²) < 4.78 is 15.6. The molecule has 0 rings (SSSR count). The molecule has 0 aromatic heterocycles. The summed E-state index contributed by atoms with van der Waals surface area (Å²) in [5.74, 6) is 0. The summed E-state index contributed by atoms with van der Waals surface area (Å²) >= 11 is 0. The molecule has 0 spiro atoms. The van der Waals surface area contributed by atoms with Gasteiger partial charge in [0, 0.05) is 14.2 Å². The fourth-order valence-electron chi connectivity index (χ4n) is 1.09. The molecule has 0 bridgehead atoms. The molecular weight excluding hydrogens is 236 g/mol. The third-order valence-electron chi connectivity index (χ3n) is 2.04. The molecule has 0 saturated carbocycles. The summed E-state index contributed by atoms with van der Waals surface area (Å²) in [6, 6.07) is 0. The average Bonchev–Trinajstić information content (AvgIpc) is 2.33. The van der Waals surface area contributed by atoms with E-state index in [1.165, 1.54) is 14.2 Å². The normalized spacial score (nSPS) is 13.3. The number of amides is 1. The molecule has 0 aliphatic rings. The van der Waals surface area contributed by atoms with Crippen molar-refractivity contribution in [2.45, 2.75) is 19.0 Å². The van der Waals surface area contributed by atoms with Crippen molar-refractivity contribution in [1.29, 1.82) is 0 Å². The zero-order valence-electron chi connectivity index (χ0n) is 9.56. The molecule has 9 heteroatoms. The van der Waals surface area contributed by atoms with E-state index in [0.717, 1.165) is 0 Å². The van der Waals surface area contributed by atoms with Gasteiger partial charge in [-0.3, -0.25) is 10.2 Å². The Balaban J connectivity index is 4.27. The lowest BCUT2D eigenvalue weighted by Crippen LogP contribution is -2.60. The lowest BCUT2D eigenvalue weighted by molar-refractivity contribution is -0.178. The first-order valence-corrected chi connectivity index (χ1v) is 6.45. The van der Waals surface area contributed by atoms with Gasteiger partial charge in [0.25, 0.3) is 0 Å². The van der Waals surface area contributed by atoms with Gasteiger partial charge in [-0.2, -0.15) is 5.26 Å². The Kier molecular flexibility index (Phi) is 7.21. The molecule has 0 heterocycles. The largest absolute Gasteiger partial charge is 0.519 e. The monoisotopic (exact) mass is 254 g/mol. The van der Waals surface area contributed by atoms with Crippen molar-refractivity contribution in [2.24, 2.45) is 5.73 Å². The highest BCUT2D eigenvalue weighted by molar-refractivity contribution is 6.62. The SMILES string of the molecule is CCC(N)[Si](OC)(OC)OCNC(=O)OO. The second-order valence-corrected chi connectivity index (χ2v) is 5.92. The second-order valence-electron chi connectivity index (χ2n) is 2.87. The van der Waals surface area contributed by atoms with Gasteiger partial charge in [0.1, 0.15) is 6.73 Å². The lowest BCUT2D eigenvalue weighted by atomic mass is 10.5. The Labute approximate surface area is 94.9 Å². The zero-order chi connectivity index (χ0) is 12.6. The molecule has 0 aromatic carbocycles. The van der Waals surface area contributed by atoms with E-state index in [4.69, 9.17) is 24.3 Å². The molecule has 96 valence electrons. The second kappa shape index (κ2) is 7.54. The number of hydrogen-bond donors (Lipinski definition) is 3. The van der Waals surface area contributed by atoms with Gasteiger partial charge in [-0.05, 0) is 6.42 Å². The molecule has 8 nitrogen and oxygen atoms in total. The number of rotatable bonds is 7. The Morgan fingerprint density at radius 1 is 1.50 bits per heavy atom. The van der Waals surface area contributed by atoms with Crippen LogP contribution >= 0.6 is 0 Å². The molecule has 0 saturated heterocycles. The molecule has 0 fully saturated rings. The first kappa shape index (κ1) is 15.3. The number of hydrogen-bond acceptors (Lipinski definition) is 7. The topological polar surface area (TPSA) is 112 Å². The smallest absolute Gasteiger partial charge is 0.376 e. The van der Waals surface area contributed by atoms with E-state index in [2.05, 4.69) is 10.2 Å². The summed E-state index contributed by atoms with van der Waals surface area (Å²) in [5, 5.41) is 10.1. The predicted molar refractivity (Wildman–Crippen MR) is 56.2 cm³/mol. The van der Waals surface area contributed by atoms with Crippen LogP contribution in [0, 0.1) is 0 Å². The van der Waals surface area contributed by atoms with Crippen LogP contribution in [0.3, 0.4) is 0 Å². The third kappa shape index (κ3) is 4.04. The van der Waals surface area contributed by atoms with Crippen LogP contribution in [-0.2, 0) is 18.2 Å². The summed E-state index contributed by atoms with van der Waals surface area (Å²) in [6.45, 7) is 1.64. The standard InChI is InChI=1S/C7H18N2O6Si/c1-4-6(8)16(12-2,13-3)14-5-9-7(10)15-11/h6,11H,4-5,8H2,1-3H3,(H,9,10). The molecule has 0 aliphatic heterocycles. The molecule has 1 atom stereocenters. The fraction of sp³-hybridized carbons (Fsp3) is 0.857. The van der Waals surface area contributed by atoms with Crippen molar-refractivity contribution in [1.82, 2.24) is 5.32 Å². The van der Waals surface area contributed by atoms with Crippen LogP contribution in [0.15, 0.2) is 0 Å². The van der Waals surface area contributed by atoms with Crippen LogP contribution < -0.4 is 11.1 Å². The van der Waals surface area contributed by atoms with Crippen molar-refractivity contribution in [3.8, 4) is 0 Å². The van der Waals surface area contributed by atoms with Crippen molar-refractivity contribution in [3.05, 3.63) is 0 Å². The first-order chi connectivity index (χ1) is 7.56. The molecule has 1 unspecified atom stereocenters. The number of carbonyl (C=O) groups is 1. The maximum absolute atomic E-state index is 10.6. The van der Waals surface area contributed by atoms with Crippen LogP contribution in [0.4, 0.5) is 4.79 Å². The molecule has 0 radical (unpaired) electrons. The Morgan fingerprint density at radius 2 is 2.06 bits per heavy atom. The highest BCUT2D eigenvalue weighted by Gasteiger charge is 2.45. The van der Waals surface area contributed by atoms with E-state index >= 15 is 0 Å². The fourth-order valence-corrected chi connectivity index (χ4v) is 3.08. The highest BCUT2D eigenvalue weighted by atomic mass is 28.4. The minimum Gasteiger partial charge on any atom is -0.376 e. The molecule has 1 amide bonds. The quantitative estimate of drug-likeness (QED) is 0.247. The van der Waals surface area contributed by atoms with E-state index in [0.29, 0.717) is 6.42 Å². The van der Waals surface area contributed by atoms with Crippen LogP contribution in [-0.4, -0.2) is 46.8 Å². The number of nitrogens with one attached hydrogen (secondary N) is 1. The van der Waals surface area contributed by atoms with Gasteiger partial charge in [0.05, 0.1) is 5.67 Å². The Hall–Kier alpha value is -0.713. The zero-order valence-corrected chi connectivity index (χ0v) is 10.6. The number of nitrogens with two attached hydrogens (primary N) is 1. The predicted octanol–water partition coefficient (Wildman–Crippen LogP) is -0.332. The maximum Gasteiger partial charge on any atom is 0.519 e. The van der Waals surface area contributed by atoms with Crippen molar-refractivity contribution >= 4 is 14.9 Å². The summed E-state index contributed by atoms with van der Waals surface area (Å²) in [7, 11) is -0.148. The van der Waals surface area contributed by atoms with Gasteiger partial charge in [0.2, 0.25) is 0 Å². The van der Waals surface area contributed by atoms with Crippen LogP contribution in [0.1, 0.15) is 13.3 Å². The Morgan fingerprint density at radius 3 is 2.44 bits per heavy atom. The minimum absolute atomic E-state index is 0.221. The minimum atomic E-state index is -3.00. The lowest BCUT2D eigenvalue weighted by Gasteiger charge is -2.30. The highest BCUT2D eigenvalue weighted by Crippen LogP contribution is 2.13. The van der Waals surface area contributed by atoms with Crippen LogP contribution in [0.25, 0.3) is 0 Å². The van der Waals surface area contributed by atoms with Gasteiger partial charge in [0.15, 0.2) is 0 Å². The van der Waals surface area contributed by atoms with Crippen LogP contribution in [0.5, 0.6) is 0 Å². The summed E-state index contributed by atoms with van der Waals surface area (Å²) in [5.41, 5.74) is 5.42. The Bertz CT molecular complexity index is 213. The summed E-state index contributed by atoms with van der Waals surface area (Å²) in [4.78, 5) is 13.9. The average molecular weight is 254 g/mol. The van der Waals surface area contributed by atoms with E-state index in [-0.39, 0.29) is 6.73 Å². The van der Waals surface area contributed by atoms with Gasteiger partial charge in [-0.1, -0.05) is 6.92 Å². The molecule has 0 aliphatic carbocycles. The molecule has 4 N–H and O–H groups in total. The first-order valence-electron chi connectivity index (χ1n) is 4.65. The van der Waals surface area contributed by atoms with Crippen molar-refractivity contribution < 1.29 is 28.2 Å². The molecular formula is C7H18N2O6Si. The van der Waals surface area contributed by atoms with Gasteiger partial charge in [-0.25, -0.2) is 4.79 Å². The van der Waals surface area contributed by atoms with E-state index in [9.17, 15) is 4.79 Å². The van der Waals surface area contributed by atoms with E-state index < -0.39 is 20.6 Å². The van der Waals surface area contributed by atoms with Gasteiger partial charge < -0.3 is 19.0 Å².